The van der Waals surface area contributed by atoms with Crippen LogP contribution < -0.4 is 11.1 Å². The minimum atomic E-state index is -0.147. The molecule has 1 heterocycles. The largest absolute Gasteiger partial charge is 0.348 e. The first-order valence-corrected chi connectivity index (χ1v) is 6.75. The van der Waals surface area contributed by atoms with E-state index in [-0.39, 0.29) is 23.3 Å². The van der Waals surface area contributed by atoms with Gasteiger partial charge in [-0.25, -0.2) is 0 Å². The average Bonchev–Trinajstić information content (AvgIpc) is 2.35. The normalized spacial score (nSPS) is 14.8. The number of amides is 1. The SMILES string of the molecule is C[C@H](NC(=O)C(CN)CC(C)(C)C)c1ccccn1. The summed E-state index contributed by atoms with van der Waals surface area (Å²) in [6, 6.07) is 5.59. The number of carbonyl (C=O) groups excluding carboxylic acids is 1. The lowest BCUT2D eigenvalue weighted by Crippen LogP contribution is -2.38. The Morgan fingerprint density at radius 2 is 2.11 bits per heavy atom. The molecule has 4 nitrogen and oxygen atoms in total. The summed E-state index contributed by atoms with van der Waals surface area (Å²) in [5, 5.41) is 2.99. The minimum absolute atomic E-state index is 0.00979. The molecule has 0 bridgehead atoms. The summed E-state index contributed by atoms with van der Waals surface area (Å²) in [6.07, 6.45) is 2.51. The number of aromatic nitrogens is 1. The van der Waals surface area contributed by atoms with Gasteiger partial charge in [0.25, 0.3) is 0 Å². The summed E-state index contributed by atoms with van der Waals surface area (Å²) in [5.41, 5.74) is 6.67. The van der Waals surface area contributed by atoms with Crippen molar-refractivity contribution >= 4 is 5.91 Å². The summed E-state index contributed by atoms with van der Waals surface area (Å²) >= 11 is 0. The first kappa shape index (κ1) is 15.6. The van der Waals surface area contributed by atoms with Crippen LogP contribution in [0.4, 0.5) is 0 Å². The van der Waals surface area contributed by atoms with Gasteiger partial charge in [-0.1, -0.05) is 26.8 Å². The van der Waals surface area contributed by atoms with Crippen LogP contribution in [0.3, 0.4) is 0 Å². The number of pyridine rings is 1. The second kappa shape index (κ2) is 6.66. The Kier molecular flexibility index (Phi) is 5.48. The Balaban J connectivity index is 2.62. The third-order valence-electron chi connectivity index (χ3n) is 3.00. The maximum Gasteiger partial charge on any atom is 0.224 e. The van der Waals surface area contributed by atoms with Crippen LogP contribution in [0, 0.1) is 11.3 Å². The van der Waals surface area contributed by atoms with Crippen molar-refractivity contribution in [3.8, 4) is 0 Å². The van der Waals surface area contributed by atoms with Crippen LogP contribution in [-0.2, 0) is 4.79 Å². The molecule has 0 radical (unpaired) electrons. The predicted molar refractivity (Wildman–Crippen MR) is 77.4 cm³/mol. The fourth-order valence-corrected chi connectivity index (χ4v) is 2.06. The molecule has 1 amide bonds. The summed E-state index contributed by atoms with van der Waals surface area (Å²) in [5.74, 6) is -0.137. The molecule has 0 aromatic carbocycles. The standard InChI is InChI=1S/C15H25N3O/c1-11(13-7-5-6-8-17-13)18-14(19)12(10-16)9-15(2,3)4/h5-8,11-12H,9-10,16H2,1-4H3,(H,18,19)/t11-,12?/m0/s1. The van der Waals surface area contributed by atoms with Crippen molar-refractivity contribution in [1.29, 1.82) is 0 Å². The van der Waals surface area contributed by atoms with Crippen molar-refractivity contribution in [2.45, 2.75) is 40.2 Å². The van der Waals surface area contributed by atoms with Crippen LogP contribution in [0.25, 0.3) is 0 Å². The van der Waals surface area contributed by atoms with Crippen LogP contribution >= 0.6 is 0 Å². The van der Waals surface area contributed by atoms with E-state index >= 15 is 0 Å². The highest BCUT2D eigenvalue weighted by molar-refractivity contribution is 5.79. The highest BCUT2D eigenvalue weighted by atomic mass is 16.1. The van der Waals surface area contributed by atoms with E-state index in [0.717, 1.165) is 12.1 Å². The van der Waals surface area contributed by atoms with Crippen molar-refractivity contribution in [1.82, 2.24) is 10.3 Å². The molecule has 0 saturated heterocycles. The highest BCUT2D eigenvalue weighted by Gasteiger charge is 2.24. The van der Waals surface area contributed by atoms with Gasteiger partial charge in [0.15, 0.2) is 0 Å². The molecular weight excluding hydrogens is 238 g/mol. The zero-order valence-corrected chi connectivity index (χ0v) is 12.3. The molecule has 0 spiro atoms. The van der Waals surface area contributed by atoms with Gasteiger partial charge in [0.2, 0.25) is 5.91 Å². The second-order valence-electron chi connectivity index (χ2n) is 6.18. The summed E-state index contributed by atoms with van der Waals surface area (Å²) < 4.78 is 0. The van der Waals surface area contributed by atoms with Gasteiger partial charge in [-0.2, -0.15) is 0 Å². The molecule has 4 heteroatoms. The lowest BCUT2D eigenvalue weighted by molar-refractivity contribution is -0.126. The van der Waals surface area contributed by atoms with Gasteiger partial charge in [0.05, 0.1) is 17.7 Å². The predicted octanol–water partition coefficient (Wildman–Crippen LogP) is 2.27. The third-order valence-corrected chi connectivity index (χ3v) is 3.00. The fraction of sp³-hybridized carbons (Fsp3) is 0.600. The fourth-order valence-electron chi connectivity index (χ4n) is 2.06. The third kappa shape index (κ3) is 5.39. The molecule has 0 saturated carbocycles. The number of hydrogen-bond donors (Lipinski definition) is 2. The van der Waals surface area contributed by atoms with Crippen LogP contribution in [0.15, 0.2) is 24.4 Å². The van der Waals surface area contributed by atoms with Crippen molar-refractivity contribution in [3.05, 3.63) is 30.1 Å². The van der Waals surface area contributed by atoms with Gasteiger partial charge in [0.1, 0.15) is 0 Å². The van der Waals surface area contributed by atoms with E-state index in [1.165, 1.54) is 0 Å². The molecular formula is C15H25N3O. The Bertz CT molecular complexity index is 398. The minimum Gasteiger partial charge on any atom is -0.348 e. The first-order chi connectivity index (χ1) is 8.83. The van der Waals surface area contributed by atoms with Gasteiger partial charge >= 0.3 is 0 Å². The van der Waals surface area contributed by atoms with E-state index < -0.39 is 0 Å². The molecule has 0 aliphatic heterocycles. The van der Waals surface area contributed by atoms with E-state index in [0.29, 0.717) is 6.54 Å². The van der Waals surface area contributed by atoms with Crippen molar-refractivity contribution in [2.75, 3.05) is 6.54 Å². The van der Waals surface area contributed by atoms with Crippen LogP contribution in [0.1, 0.15) is 45.9 Å². The molecule has 19 heavy (non-hydrogen) atoms. The Hall–Kier alpha value is -1.42. The molecule has 106 valence electrons. The van der Waals surface area contributed by atoms with Crippen molar-refractivity contribution in [3.63, 3.8) is 0 Å². The molecule has 1 aromatic heterocycles. The monoisotopic (exact) mass is 263 g/mol. The van der Waals surface area contributed by atoms with Crippen LogP contribution in [0.2, 0.25) is 0 Å². The van der Waals surface area contributed by atoms with Crippen LogP contribution in [0.5, 0.6) is 0 Å². The maximum absolute atomic E-state index is 12.2. The Labute approximate surface area is 115 Å². The van der Waals surface area contributed by atoms with E-state index in [1.807, 2.05) is 25.1 Å². The molecule has 0 fully saturated rings. The zero-order valence-electron chi connectivity index (χ0n) is 12.3. The smallest absolute Gasteiger partial charge is 0.224 e. The van der Waals surface area contributed by atoms with Gasteiger partial charge in [-0.3, -0.25) is 9.78 Å². The molecule has 1 unspecified atom stereocenters. The van der Waals surface area contributed by atoms with E-state index in [2.05, 4.69) is 31.1 Å². The molecule has 1 rings (SSSR count). The summed E-state index contributed by atoms with van der Waals surface area (Å²) in [6.45, 7) is 8.66. The number of nitrogens with zero attached hydrogens (tertiary/aromatic N) is 1. The van der Waals surface area contributed by atoms with Gasteiger partial charge in [0, 0.05) is 12.7 Å². The lowest BCUT2D eigenvalue weighted by atomic mass is 9.84. The number of rotatable bonds is 5. The molecule has 0 aliphatic carbocycles. The van der Waals surface area contributed by atoms with E-state index in [9.17, 15) is 4.79 Å². The number of hydrogen-bond acceptors (Lipinski definition) is 3. The zero-order chi connectivity index (χ0) is 14.5. The van der Waals surface area contributed by atoms with E-state index in [4.69, 9.17) is 5.73 Å². The first-order valence-electron chi connectivity index (χ1n) is 6.75. The average molecular weight is 263 g/mol. The molecule has 2 atom stereocenters. The number of nitrogens with one attached hydrogen (secondary N) is 1. The maximum atomic E-state index is 12.2. The quantitative estimate of drug-likeness (QED) is 0.856. The summed E-state index contributed by atoms with van der Waals surface area (Å²) in [7, 11) is 0. The van der Waals surface area contributed by atoms with Crippen LogP contribution in [-0.4, -0.2) is 17.4 Å². The number of nitrogens with two attached hydrogens (primary N) is 1. The van der Waals surface area contributed by atoms with Gasteiger partial charge < -0.3 is 11.1 Å². The van der Waals surface area contributed by atoms with Gasteiger partial charge in [-0.05, 0) is 30.9 Å². The molecule has 3 N–H and O–H groups in total. The summed E-state index contributed by atoms with van der Waals surface area (Å²) in [4.78, 5) is 16.5. The Morgan fingerprint density at radius 3 is 2.58 bits per heavy atom. The van der Waals surface area contributed by atoms with E-state index in [1.54, 1.807) is 6.20 Å². The lowest BCUT2D eigenvalue weighted by Gasteiger charge is -2.25. The Morgan fingerprint density at radius 1 is 1.42 bits per heavy atom. The highest BCUT2D eigenvalue weighted by Crippen LogP contribution is 2.24. The van der Waals surface area contributed by atoms with Gasteiger partial charge in [-0.15, -0.1) is 0 Å². The number of carbonyl (C=O) groups is 1. The van der Waals surface area contributed by atoms with Crippen molar-refractivity contribution in [2.24, 2.45) is 17.1 Å². The van der Waals surface area contributed by atoms with Crippen molar-refractivity contribution < 1.29 is 4.79 Å². The molecule has 0 aliphatic rings. The topological polar surface area (TPSA) is 68.0 Å². The second-order valence-corrected chi connectivity index (χ2v) is 6.18. The molecule has 1 aromatic rings.